The Morgan fingerprint density at radius 1 is 1.37 bits per heavy atom. The molecule has 0 saturated heterocycles. The largest absolute Gasteiger partial charge is 0.469 e. The van der Waals surface area contributed by atoms with Crippen LogP contribution in [0.3, 0.4) is 0 Å². The Hall–Kier alpha value is -1.39. The lowest BCUT2D eigenvalue weighted by Crippen LogP contribution is -2.35. The molecule has 2 N–H and O–H groups in total. The van der Waals surface area contributed by atoms with Crippen molar-refractivity contribution in [2.45, 2.75) is 32.7 Å². The van der Waals surface area contributed by atoms with Gasteiger partial charge in [0, 0.05) is 12.6 Å². The number of carbonyl (C=O) groups is 1. The van der Waals surface area contributed by atoms with Crippen LogP contribution in [0.2, 0.25) is 0 Å². The third-order valence-corrected chi connectivity index (χ3v) is 3.24. The van der Waals surface area contributed by atoms with Gasteiger partial charge in [-0.15, -0.1) is 0 Å². The van der Waals surface area contributed by atoms with Crippen LogP contribution in [-0.4, -0.2) is 37.4 Å². The quantitative estimate of drug-likeness (QED) is 0.731. The number of aliphatic hydroxyl groups excluding tert-OH is 1. The first kappa shape index (κ1) is 15.7. The van der Waals surface area contributed by atoms with Crippen molar-refractivity contribution in [1.82, 2.24) is 5.32 Å². The van der Waals surface area contributed by atoms with Gasteiger partial charge in [0.15, 0.2) is 0 Å². The van der Waals surface area contributed by atoms with E-state index in [-0.39, 0.29) is 18.6 Å². The fourth-order valence-electron chi connectivity index (χ4n) is 1.98. The lowest BCUT2D eigenvalue weighted by molar-refractivity contribution is -0.141. The lowest BCUT2D eigenvalue weighted by atomic mass is 9.99. The fraction of sp³-hybridized carbons (Fsp3) is 0.533. The zero-order valence-electron chi connectivity index (χ0n) is 11.9. The molecule has 1 rings (SSSR count). The van der Waals surface area contributed by atoms with Crippen LogP contribution < -0.4 is 5.32 Å². The van der Waals surface area contributed by atoms with Gasteiger partial charge in [-0.1, -0.05) is 18.2 Å². The number of benzene rings is 1. The lowest BCUT2D eigenvalue weighted by Gasteiger charge is -2.17. The Morgan fingerprint density at radius 2 is 2.11 bits per heavy atom. The number of carbonyl (C=O) groups excluding carboxylic acids is 1. The van der Waals surface area contributed by atoms with Crippen LogP contribution in [0.4, 0.5) is 0 Å². The minimum absolute atomic E-state index is 0.0123. The highest BCUT2D eigenvalue weighted by Gasteiger charge is 2.14. The van der Waals surface area contributed by atoms with Crippen molar-refractivity contribution in [2.75, 3.05) is 20.3 Å². The highest BCUT2D eigenvalue weighted by Crippen LogP contribution is 2.13. The van der Waals surface area contributed by atoms with Gasteiger partial charge in [0.2, 0.25) is 0 Å². The third kappa shape index (κ3) is 5.41. The van der Waals surface area contributed by atoms with Gasteiger partial charge in [-0.2, -0.15) is 0 Å². The maximum atomic E-state index is 11.4. The number of nitrogens with one attached hydrogen (secondary N) is 1. The highest BCUT2D eigenvalue weighted by atomic mass is 16.5. The maximum Gasteiger partial charge on any atom is 0.307 e. The molecular formula is C15H23NO3. The summed E-state index contributed by atoms with van der Waals surface area (Å²) in [6.45, 7) is 4.70. The van der Waals surface area contributed by atoms with Crippen molar-refractivity contribution in [3.8, 4) is 0 Å². The molecule has 0 aliphatic carbocycles. The monoisotopic (exact) mass is 265 g/mol. The van der Waals surface area contributed by atoms with Crippen LogP contribution in [0.15, 0.2) is 18.2 Å². The number of rotatable bonds is 7. The van der Waals surface area contributed by atoms with Gasteiger partial charge >= 0.3 is 5.97 Å². The molecule has 1 aromatic carbocycles. The fourth-order valence-corrected chi connectivity index (χ4v) is 1.98. The van der Waals surface area contributed by atoms with Gasteiger partial charge in [-0.05, 0) is 37.0 Å². The molecule has 0 saturated carbocycles. The van der Waals surface area contributed by atoms with Crippen LogP contribution in [0.25, 0.3) is 0 Å². The first-order valence-corrected chi connectivity index (χ1v) is 6.54. The van der Waals surface area contributed by atoms with Gasteiger partial charge < -0.3 is 15.2 Å². The smallest absolute Gasteiger partial charge is 0.307 e. The minimum atomic E-state index is -0.237. The normalized spacial score (nSPS) is 12.2. The van der Waals surface area contributed by atoms with E-state index in [0.717, 1.165) is 6.42 Å². The summed E-state index contributed by atoms with van der Waals surface area (Å²) in [7, 11) is 1.39. The summed E-state index contributed by atoms with van der Waals surface area (Å²) >= 11 is 0. The van der Waals surface area contributed by atoms with Crippen molar-refractivity contribution >= 4 is 5.97 Å². The summed E-state index contributed by atoms with van der Waals surface area (Å²) in [4.78, 5) is 11.4. The summed E-state index contributed by atoms with van der Waals surface area (Å²) in [6, 6.07) is 6.29. The van der Waals surface area contributed by atoms with Crippen LogP contribution in [0.5, 0.6) is 0 Å². The van der Waals surface area contributed by atoms with E-state index in [0.29, 0.717) is 13.0 Å². The van der Waals surface area contributed by atoms with Crippen LogP contribution >= 0.6 is 0 Å². The van der Waals surface area contributed by atoms with Crippen LogP contribution in [-0.2, 0) is 16.0 Å². The Bertz CT molecular complexity index is 418. The number of methoxy groups -OCH3 is 1. The second-order valence-electron chi connectivity index (χ2n) is 4.78. The molecule has 0 fully saturated rings. The first-order chi connectivity index (χ1) is 9.06. The van der Waals surface area contributed by atoms with E-state index < -0.39 is 0 Å². The molecule has 4 heteroatoms. The van der Waals surface area contributed by atoms with E-state index in [1.165, 1.54) is 23.8 Å². The molecule has 0 aromatic heterocycles. The molecular weight excluding hydrogens is 242 g/mol. The topological polar surface area (TPSA) is 58.6 Å². The Balaban J connectivity index is 2.69. The van der Waals surface area contributed by atoms with E-state index in [4.69, 9.17) is 9.84 Å². The van der Waals surface area contributed by atoms with Gasteiger partial charge in [0.05, 0.1) is 20.1 Å². The first-order valence-electron chi connectivity index (χ1n) is 6.54. The molecule has 1 atom stereocenters. The molecule has 0 spiro atoms. The molecule has 1 unspecified atom stereocenters. The molecule has 0 aliphatic rings. The Morgan fingerprint density at radius 3 is 2.68 bits per heavy atom. The number of hydrogen-bond donors (Lipinski definition) is 2. The van der Waals surface area contributed by atoms with Gasteiger partial charge in [-0.3, -0.25) is 4.79 Å². The number of ether oxygens (including phenoxy) is 1. The van der Waals surface area contributed by atoms with Crippen molar-refractivity contribution < 1.29 is 14.6 Å². The number of hydrogen-bond acceptors (Lipinski definition) is 4. The molecule has 0 heterocycles. The highest BCUT2D eigenvalue weighted by molar-refractivity contribution is 5.70. The average molecular weight is 265 g/mol. The molecule has 0 amide bonds. The molecule has 1 aromatic rings. The zero-order valence-corrected chi connectivity index (χ0v) is 11.9. The van der Waals surface area contributed by atoms with Crippen molar-refractivity contribution in [3.05, 3.63) is 34.9 Å². The Labute approximate surface area is 114 Å². The van der Waals surface area contributed by atoms with E-state index >= 15 is 0 Å². The molecule has 19 heavy (non-hydrogen) atoms. The third-order valence-electron chi connectivity index (χ3n) is 3.24. The van der Waals surface area contributed by atoms with Gasteiger partial charge in [0.25, 0.3) is 0 Å². The molecule has 106 valence electrons. The molecule has 0 radical (unpaired) electrons. The summed E-state index contributed by atoms with van der Waals surface area (Å²) in [5.74, 6) is -0.237. The van der Waals surface area contributed by atoms with E-state index in [9.17, 15) is 4.79 Å². The second kappa shape index (κ2) is 7.92. The summed E-state index contributed by atoms with van der Waals surface area (Å²) in [5.41, 5.74) is 3.69. The van der Waals surface area contributed by atoms with E-state index in [1.54, 1.807) is 0 Å². The van der Waals surface area contributed by atoms with Crippen LogP contribution in [0, 0.1) is 13.8 Å². The van der Waals surface area contributed by atoms with E-state index in [1.807, 2.05) is 0 Å². The van der Waals surface area contributed by atoms with E-state index in [2.05, 4.69) is 37.4 Å². The molecule has 0 bridgehead atoms. The zero-order chi connectivity index (χ0) is 14.3. The number of aliphatic hydroxyl groups is 1. The standard InChI is InChI=1S/C15H23NO3/c1-11-4-5-13(8-12(11)2)9-14(16-6-7-17)10-15(18)19-3/h4-5,8,14,16-17H,6-7,9-10H2,1-3H3. The average Bonchev–Trinajstić information content (AvgIpc) is 2.40. The second-order valence-corrected chi connectivity index (χ2v) is 4.78. The summed E-state index contributed by atoms with van der Waals surface area (Å²) in [5, 5.41) is 12.0. The number of aryl methyl sites for hydroxylation is 2. The molecule has 0 aliphatic heterocycles. The summed E-state index contributed by atoms with van der Waals surface area (Å²) < 4.78 is 4.70. The predicted molar refractivity (Wildman–Crippen MR) is 75.1 cm³/mol. The van der Waals surface area contributed by atoms with Gasteiger partial charge in [-0.25, -0.2) is 0 Å². The van der Waals surface area contributed by atoms with Crippen molar-refractivity contribution in [2.24, 2.45) is 0 Å². The SMILES string of the molecule is COC(=O)CC(Cc1ccc(C)c(C)c1)NCCO. The van der Waals surface area contributed by atoms with Crippen molar-refractivity contribution in [1.29, 1.82) is 0 Å². The Kier molecular flexibility index (Phi) is 6.53. The van der Waals surface area contributed by atoms with Crippen molar-refractivity contribution in [3.63, 3.8) is 0 Å². The van der Waals surface area contributed by atoms with Gasteiger partial charge in [0.1, 0.15) is 0 Å². The van der Waals surface area contributed by atoms with Crippen LogP contribution in [0.1, 0.15) is 23.1 Å². The summed E-state index contributed by atoms with van der Waals surface area (Å²) in [6.07, 6.45) is 1.06. The predicted octanol–water partition coefficient (Wildman–Crippen LogP) is 1.36. The maximum absolute atomic E-state index is 11.4. The number of esters is 1. The minimum Gasteiger partial charge on any atom is -0.469 e. The molecule has 4 nitrogen and oxygen atoms in total.